The molecule has 110 valence electrons. The number of carbonyl (C=O) groups excluding carboxylic acids is 1. The van der Waals surface area contributed by atoms with Crippen molar-refractivity contribution in [2.75, 3.05) is 31.7 Å². The van der Waals surface area contributed by atoms with Crippen LogP contribution < -0.4 is 10.6 Å². The molecule has 1 unspecified atom stereocenters. The van der Waals surface area contributed by atoms with Crippen LogP contribution in [0.25, 0.3) is 0 Å². The lowest BCUT2D eigenvalue weighted by Crippen LogP contribution is -2.43. The van der Waals surface area contributed by atoms with Crippen molar-refractivity contribution in [3.05, 3.63) is 29.8 Å². The maximum Gasteiger partial charge on any atom is 0.226 e. The number of benzene rings is 1. The van der Waals surface area contributed by atoms with E-state index < -0.39 is 0 Å². The van der Waals surface area contributed by atoms with E-state index in [1.54, 1.807) is 0 Å². The smallest absolute Gasteiger partial charge is 0.226 e. The molecule has 5 heteroatoms. The molecule has 20 heavy (non-hydrogen) atoms. The van der Waals surface area contributed by atoms with E-state index in [2.05, 4.69) is 10.6 Å². The molecule has 5 nitrogen and oxygen atoms in total. The number of aliphatic hydroxyl groups excluding tert-OH is 1. The van der Waals surface area contributed by atoms with Gasteiger partial charge in [-0.1, -0.05) is 12.1 Å². The lowest BCUT2D eigenvalue weighted by molar-refractivity contribution is -0.117. The number of ether oxygens (including phenoxy) is 1. The number of amides is 1. The fraction of sp³-hybridized carbons (Fsp3) is 0.533. The molecule has 0 aromatic heterocycles. The van der Waals surface area contributed by atoms with Crippen molar-refractivity contribution in [1.82, 2.24) is 5.32 Å². The predicted molar refractivity (Wildman–Crippen MR) is 77.7 cm³/mol. The summed E-state index contributed by atoms with van der Waals surface area (Å²) in [5, 5.41) is 15.0. The van der Waals surface area contributed by atoms with Gasteiger partial charge in [0.1, 0.15) is 0 Å². The van der Waals surface area contributed by atoms with Gasteiger partial charge in [-0.2, -0.15) is 0 Å². The average Bonchev–Trinajstić information content (AvgIpc) is 2.46. The molecule has 1 aromatic rings. The van der Waals surface area contributed by atoms with Crippen LogP contribution in [0.5, 0.6) is 0 Å². The Kier molecular flexibility index (Phi) is 5.98. The number of aliphatic hydroxyl groups is 1. The first kappa shape index (κ1) is 15.0. The Labute approximate surface area is 119 Å². The molecule has 0 spiro atoms. The molecule has 0 bridgehead atoms. The number of hydrogen-bond donors (Lipinski definition) is 3. The summed E-state index contributed by atoms with van der Waals surface area (Å²) in [6.45, 7) is 2.29. The molecule has 1 fully saturated rings. The van der Waals surface area contributed by atoms with Crippen LogP contribution in [0.2, 0.25) is 0 Å². The van der Waals surface area contributed by atoms with Crippen molar-refractivity contribution in [2.24, 2.45) is 0 Å². The zero-order valence-corrected chi connectivity index (χ0v) is 11.6. The number of nitrogens with one attached hydrogen (secondary N) is 2. The molecule has 1 aromatic carbocycles. The largest absolute Gasteiger partial charge is 0.396 e. The predicted octanol–water partition coefficient (Wildman–Crippen LogP) is 0.928. The normalized spacial score (nSPS) is 18.8. The third kappa shape index (κ3) is 4.92. The van der Waals surface area contributed by atoms with E-state index >= 15 is 0 Å². The number of morpholine rings is 1. The molecular weight excluding hydrogens is 256 g/mol. The Morgan fingerprint density at radius 2 is 2.40 bits per heavy atom. The standard InChI is InChI=1S/C15H22N2O3/c18-7-2-4-12-3-1-5-13(9-12)17-15(19)10-14-11-20-8-6-16-14/h1,3,5,9,14,16,18H,2,4,6-8,10-11H2,(H,17,19). The van der Waals surface area contributed by atoms with Gasteiger partial charge in [0.2, 0.25) is 5.91 Å². The second kappa shape index (κ2) is 7.99. The maximum atomic E-state index is 12.0. The maximum absolute atomic E-state index is 12.0. The van der Waals surface area contributed by atoms with Gasteiger partial charge in [0.05, 0.1) is 13.2 Å². The van der Waals surface area contributed by atoms with Gasteiger partial charge in [0.25, 0.3) is 0 Å². The van der Waals surface area contributed by atoms with E-state index in [-0.39, 0.29) is 18.6 Å². The van der Waals surface area contributed by atoms with Crippen molar-refractivity contribution in [2.45, 2.75) is 25.3 Å². The van der Waals surface area contributed by atoms with Crippen LogP contribution in [0.1, 0.15) is 18.4 Å². The Morgan fingerprint density at radius 3 is 3.15 bits per heavy atom. The lowest BCUT2D eigenvalue weighted by atomic mass is 10.1. The number of carbonyl (C=O) groups is 1. The highest BCUT2D eigenvalue weighted by Crippen LogP contribution is 2.13. The Morgan fingerprint density at radius 1 is 1.50 bits per heavy atom. The molecule has 1 amide bonds. The van der Waals surface area contributed by atoms with Crippen molar-refractivity contribution in [1.29, 1.82) is 0 Å². The highest BCUT2D eigenvalue weighted by atomic mass is 16.5. The summed E-state index contributed by atoms with van der Waals surface area (Å²) in [7, 11) is 0. The molecule has 3 N–H and O–H groups in total. The van der Waals surface area contributed by atoms with Crippen LogP contribution in [0.15, 0.2) is 24.3 Å². The van der Waals surface area contributed by atoms with Gasteiger partial charge in [-0.3, -0.25) is 4.79 Å². The van der Waals surface area contributed by atoms with Crippen LogP contribution in [0.4, 0.5) is 5.69 Å². The zero-order valence-electron chi connectivity index (χ0n) is 11.6. The van der Waals surface area contributed by atoms with Crippen molar-refractivity contribution in [3.63, 3.8) is 0 Å². The molecule has 0 radical (unpaired) electrons. The molecule has 2 rings (SSSR count). The van der Waals surface area contributed by atoms with Gasteiger partial charge >= 0.3 is 0 Å². The summed E-state index contributed by atoms with van der Waals surface area (Å²) >= 11 is 0. The second-order valence-corrected chi connectivity index (χ2v) is 5.01. The first-order valence-electron chi connectivity index (χ1n) is 7.08. The first-order valence-corrected chi connectivity index (χ1v) is 7.08. The fourth-order valence-electron chi connectivity index (χ4n) is 2.27. The number of anilines is 1. The highest BCUT2D eigenvalue weighted by molar-refractivity contribution is 5.91. The van der Waals surface area contributed by atoms with Crippen molar-refractivity contribution >= 4 is 11.6 Å². The van der Waals surface area contributed by atoms with Gasteiger partial charge in [-0.25, -0.2) is 0 Å². The van der Waals surface area contributed by atoms with Gasteiger partial charge in [0.15, 0.2) is 0 Å². The molecule has 1 aliphatic heterocycles. The van der Waals surface area contributed by atoms with Gasteiger partial charge in [0, 0.05) is 31.3 Å². The first-order chi connectivity index (χ1) is 9.78. The number of aryl methyl sites for hydroxylation is 1. The van der Waals surface area contributed by atoms with E-state index in [0.717, 1.165) is 30.6 Å². The zero-order chi connectivity index (χ0) is 14.2. The topological polar surface area (TPSA) is 70.6 Å². The fourth-order valence-corrected chi connectivity index (χ4v) is 2.27. The van der Waals surface area contributed by atoms with Gasteiger partial charge in [-0.15, -0.1) is 0 Å². The Bertz CT molecular complexity index is 431. The third-order valence-electron chi connectivity index (χ3n) is 3.26. The quantitative estimate of drug-likeness (QED) is 0.724. The van der Waals surface area contributed by atoms with Crippen LogP contribution in [0.3, 0.4) is 0 Å². The van der Waals surface area contributed by atoms with Gasteiger partial charge in [-0.05, 0) is 30.5 Å². The summed E-state index contributed by atoms with van der Waals surface area (Å²) in [5.74, 6) is -0.00712. The van der Waals surface area contributed by atoms with E-state index in [0.29, 0.717) is 19.6 Å². The summed E-state index contributed by atoms with van der Waals surface area (Å²) in [5.41, 5.74) is 1.93. The van der Waals surface area contributed by atoms with Crippen LogP contribution in [0, 0.1) is 0 Å². The highest BCUT2D eigenvalue weighted by Gasteiger charge is 2.16. The molecular formula is C15H22N2O3. The molecule has 0 saturated carbocycles. The summed E-state index contributed by atoms with van der Waals surface area (Å²) in [6.07, 6.45) is 1.97. The molecule has 1 atom stereocenters. The molecule has 1 aliphatic rings. The third-order valence-corrected chi connectivity index (χ3v) is 3.26. The summed E-state index contributed by atoms with van der Waals surface area (Å²) < 4.78 is 5.33. The minimum Gasteiger partial charge on any atom is -0.396 e. The van der Waals surface area contributed by atoms with Gasteiger partial charge < -0.3 is 20.5 Å². The monoisotopic (exact) mass is 278 g/mol. The van der Waals surface area contributed by atoms with E-state index in [9.17, 15) is 4.79 Å². The Hall–Kier alpha value is -1.43. The molecule has 0 aliphatic carbocycles. The van der Waals surface area contributed by atoms with Crippen LogP contribution in [-0.4, -0.2) is 43.4 Å². The number of hydrogen-bond acceptors (Lipinski definition) is 4. The molecule has 1 saturated heterocycles. The van der Waals surface area contributed by atoms with Crippen LogP contribution >= 0.6 is 0 Å². The Balaban J connectivity index is 1.83. The summed E-state index contributed by atoms with van der Waals surface area (Å²) in [6, 6.07) is 7.86. The van der Waals surface area contributed by atoms with Crippen LogP contribution in [-0.2, 0) is 16.0 Å². The summed E-state index contributed by atoms with van der Waals surface area (Å²) in [4.78, 5) is 12.0. The average molecular weight is 278 g/mol. The van der Waals surface area contributed by atoms with E-state index in [1.807, 2.05) is 24.3 Å². The lowest BCUT2D eigenvalue weighted by Gasteiger charge is -2.23. The van der Waals surface area contributed by atoms with E-state index in [4.69, 9.17) is 9.84 Å². The minimum atomic E-state index is -0.00712. The van der Waals surface area contributed by atoms with Crippen molar-refractivity contribution < 1.29 is 14.6 Å². The minimum absolute atomic E-state index is 0.00712. The molecule has 1 heterocycles. The van der Waals surface area contributed by atoms with Crippen molar-refractivity contribution in [3.8, 4) is 0 Å². The second-order valence-electron chi connectivity index (χ2n) is 5.01. The SMILES string of the molecule is O=C(CC1COCCN1)Nc1cccc(CCCO)c1. The number of rotatable bonds is 6. The van der Waals surface area contributed by atoms with E-state index in [1.165, 1.54) is 0 Å².